The van der Waals surface area contributed by atoms with Crippen molar-refractivity contribution in [1.29, 1.82) is 0 Å². The van der Waals surface area contributed by atoms with E-state index in [1.807, 2.05) is 12.1 Å². The SMILES string of the molecule is OCC1COCCN1c1ccc2nccnc2n1. The van der Waals surface area contributed by atoms with Crippen molar-refractivity contribution < 1.29 is 9.84 Å². The number of fused-ring (bicyclic) bond motifs is 1. The van der Waals surface area contributed by atoms with Crippen LogP contribution in [0.15, 0.2) is 24.5 Å². The van der Waals surface area contributed by atoms with Gasteiger partial charge in [-0.2, -0.15) is 0 Å². The number of hydrogen-bond donors (Lipinski definition) is 1. The molecule has 0 aliphatic carbocycles. The predicted molar refractivity (Wildman–Crippen MR) is 66.4 cm³/mol. The zero-order chi connectivity index (χ0) is 12.4. The average Bonchev–Trinajstić information content (AvgIpc) is 2.46. The number of aliphatic hydroxyl groups is 1. The smallest absolute Gasteiger partial charge is 0.180 e. The minimum Gasteiger partial charge on any atom is -0.394 e. The van der Waals surface area contributed by atoms with Gasteiger partial charge in [0.15, 0.2) is 5.65 Å². The van der Waals surface area contributed by atoms with E-state index in [0.29, 0.717) is 18.9 Å². The number of pyridine rings is 1. The van der Waals surface area contributed by atoms with E-state index >= 15 is 0 Å². The molecule has 1 aliphatic heterocycles. The summed E-state index contributed by atoms with van der Waals surface area (Å²) in [6.45, 7) is 1.96. The Hall–Kier alpha value is -1.79. The summed E-state index contributed by atoms with van der Waals surface area (Å²) in [6, 6.07) is 3.76. The maximum absolute atomic E-state index is 9.36. The van der Waals surface area contributed by atoms with E-state index in [4.69, 9.17) is 4.74 Å². The van der Waals surface area contributed by atoms with Crippen molar-refractivity contribution in [2.75, 3.05) is 31.3 Å². The molecule has 2 aromatic rings. The summed E-state index contributed by atoms with van der Waals surface area (Å²) in [6.07, 6.45) is 3.27. The van der Waals surface area contributed by atoms with E-state index in [1.54, 1.807) is 12.4 Å². The number of nitrogens with zero attached hydrogens (tertiary/aromatic N) is 4. The summed E-state index contributed by atoms with van der Waals surface area (Å²) in [7, 11) is 0. The lowest BCUT2D eigenvalue weighted by molar-refractivity contribution is 0.0723. The lowest BCUT2D eigenvalue weighted by atomic mass is 10.2. The molecule has 94 valence electrons. The number of anilines is 1. The van der Waals surface area contributed by atoms with Crippen LogP contribution in [0, 0.1) is 0 Å². The molecule has 2 aromatic heterocycles. The second kappa shape index (κ2) is 4.83. The summed E-state index contributed by atoms with van der Waals surface area (Å²) >= 11 is 0. The van der Waals surface area contributed by atoms with E-state index in [9.17, 15) is 5.11 Å². The minimum absolute atomic E-state index is 0.0413. The largest absolute Gasteiger partial charge is 0.394 e. The van der Waals surface area contributed by atoms with Crippen molar-refractivity contribution in [3.05, 3.63) is 24.5 Å². The zero-order valence-electron chi connectivity index (χ0n) is 9.86. The number of ether oxygens (including phenoxy) is 1. The Kier molecular flexibility index (Phi) is 3.04. The Labute approximate surface area is 104 Å². The van der Waals surface area contributed by atoms with Crippen molar-refractivity contribution >= 4 is 17.0 Å². The molecule has 0 spiro atoms. The van der Waals surface area contributed by atoms with Crippen molar-refractivity contribution in [2.45, 2.75) is 6.04 Å². The van der Waals surface area contributed by atoms with Crippen LogP contribution in [0.4, 0.5) is 5.82 Å². The number of hydrogen-bond acceptors (Lipinski definition) is 6. The van der Waals surface area contributed by atoms with E-state index < -0.39 is 0 Å². The highest BCUT2D eigenvalue weighted by molar-refractivity contribution is 5.71. The summed E-state index contributed by atoms with van der Waals surface area (Å²) in [5.41, 5.74) is 1.40. The molecule has 6 heteroatoms. The first kappa shape index (κ1) is 11.3. The Bertz CT molecular complexity index is 548. The van der Waals surface area contributed by atoms with Gasteiger partial charge < -0.3 is 14.7 Å². The Morgan fingerprint density at radius 3 is 3.11 bits per heavy atom. The standard InChI is InChI=1S/C12H14N4O2/c17-7-9-8-18-6-5-16(9)11-2-1-10-12(15-11)14-4-3-13-10/h1-4,9,17H,5-8H2. The molecule has 0 radical (unpaired) electrons. The molecular formula is C12H14N4O2. The van der Waals surface area contributed by atoms with Gasteiger partial charge in [-0.05, 0) is 12.1 Å². The van der Waals surface area contributed by atoms with Crippen LogP contribution in [-0.2, 0) is 4.74 Å². The van der Waals surface area contributed by atoms with Gasteiger partial charge >= 0.3 is 0 Å². The average molecular weight is 246 g/mol. The molecule has 3 rings (SSSR count). The molecule has 0 aromatic carbocycles. The van der Waals surface area contributed by atoms with Gasteiger partial charge in [-0.25, -0.2) is 9.97 Å². The molecule has 1 N–H and O–H groups in total. The second-order valence-electron chi connectivity index (χ2n) is 4.17. The monoisotopic (exact) mass is 246 g/mol. The third-order valence-corrected chi connectivity index (χ3v) is 3.05. The predicted octanol–water partition coefficient (Wildman–Crippen LogP) is 0.222. The summed E-state index contributed by atoms with van der Waals surface area (Å²) in [4.78, 5) is 14.9. The first-order valence-corrected chi connectivity index (χ1v) is 5.91. The molecule has 0 saturated carbocycles. The van der Waals surface area contributed by atoms with Gasteiger partial charge in [0.05, 0.1) is 25.9 Å². The molecular weight excluding hydrogens is 232 g/mol. The van der Waals surface area contributed by atoms with Crippen molar-refractivity contribution in [3.8, 4) is 0 Å². The lowest BCUT2D eigenvalue weighted by Gasteiger charge is -2.35. The highest BCUT2D eigenvalue weighted by Crippen LogP contribution is 2.19. The quantitative estimate of drug-likeness (QED) is 0.817. The van der Waals surface area contributed by atoms with Gasteiger partial charge in [-0.15, -0.1) is 0 Å². The van der Waals surface area contributed by atoms with Crippen molar-refractivity contribution in [3.63, 3.8) is 0 Å². The maximum atomic E-state index is 9.36. The topological polar surface area (TPSA) is 71.4 Å². The van der Waals surface area contributed by atoms with Crippen LogP contribution in [0.2, 0.25) is 0 Å². The summed E-state index contributed by atoms with van der Waals surface area (Å²) in [5, 5.41) is 9.36. The first-order valence-electron chi connectivity index (χ1n) is 5.91. The molecule has 1 atom stereocenters. The number of rotatable bonds is 2. The van der Waals surface area contributed by atoms with Crippen LogP contribution in [-0.4, -0.2) is 52.5 Å². The van der Waals surface area contributed by atoms with E-state index in [0.717, 1.165) is 17.9 Å². The van der Waals surface area contributed by atoms with Crippen LogP contribution in [0.25, 0.3) is 11.2 Å². The first-order chi connectivity index (χ1) is 8.88. The summed E-state index contributed by atoms with van der Waals surface area (Å²) in [5.74, 6) is 0.811. The Morgan fingerprint density at radius 1 is 1.33 bits per heavy atom. The molecule has 1 fully saturated rings. The van der Waals surface area contributed by atoms with Crippen LogP contribution in [0.5, 0.6) is 0 Å². The van der Waals surface area contributed by atoms with Gasteiger partial charge in [0.1, 0.15) is 11.3 Å². The molecule has 6 nitrogen and oxygen atoms in total. The maximum Gasteiger partial charge on any atom is 0.180 e. The normalized spacial score (nSPS) is 20.3. The van der Waals surface area contributed by atoms with Crippen molar-refractivity contribution in [1.82, 2.24) is 15.0 Å². The van der Waals surface area contributed by atoms with Gasteiger partial charge in [0.25, 0.3) is 0 Å². The van der Waals surface area contributed by atoms with Gasteiger partial charge in [0.2, 0.25) is 0 Å². The fourth-order valence-electron chi connectivity index (χ4n) is 2.11. The molecule has 0 bridgehead atoms. The highest BCUT2D eigenvalue weighted by Gasteiger charge is 2.23. The molecule has 0 amide bonds. The van der Waals surface area contributed by atoms with Gasteiger partial charge in [-0.3, -0.25) is 4.98 Å². The fourth-order valence-corrected chi connectivity index (χ4v) is 2.11. The third kappa shape index (κ3) is 2.00. The lowest BCUT2D eigenvalue weighted by Crippen LogP contribution is -2.48. The second-order valence-corrected chi connectivity index (χ2v) is 4.17. The fraction of sp³-hybridized carbons (Fsp3) is 0.417. The summed E-state index contributed by atoms with van der Waals surface area (Å²) < 4.78 is 5.35. The third-order valence-electron chi connectivity index (χ3n) is 3.05. The molecule has 1 aliphatic rings. The highest BCUT2D eigenvalue weighted by atomic mass is 16.5. The zero-order valence-corrected chi connectivity index (χ0v) is 9.86. The molecule has 1 saturated heterocycles. The minimum atomic E-state index is -0.0413. The van der Waals surface area contributed by atoms with Crippen LogP contribution >= 0.6 is 0 Å². The molecule has 1 unspecified atom stereocenters. The van der Waals surface area contributed by atoms with Gasteiger partial charge in [-0.1, -0.05) is 0 Å². The Morgan fingerprint density at radius 2 is 2.22 bits per heavy atom. The van der Waals surface area contributed by atoms with E-state index in [2.05, 4.69) is 19.9 Å². The molecule has 3 heterocycles. The van der Waals surface area contributed by atoms with Crippen LogP contribution < -0.4 is 4.90 Å². The van der Waals surface area contributed by atoms with E-state index in [1.165, 1.54) is 0 Å². The van der Waals surface area contributed by atoms with Crippen LogP contribution in [0.3, 0.4) is 0 Å². The van der Waals surface area contributed by atoms with Crippen LogP contribution in [0.1, 0.15) is 0 Å². The molecule has 18 heavy (non-hydrogen) atoms. The van der Waals surface area contributed by atoms with Gasteiger partial charge in [0, 0.05) is 18.9 Å². The Balaban J connectivity index is 1.97. The number of morpholine rings is 1. The number of aliphatic hydroxyl groups excluding tert-OH is 1. The van der Waals surface area contributed by atoms with E-state index in [-0.39, 0.29) is 12.6 Å². The van der Waals surface area contributed by atoms with Crippen molar-refractivity contribution in [2.24, 2.45) is 0 Å². The number of aromatic nitrogens is 3.